The van der Waals surface area contributed by atoms with Gasteiger partial charge in [-0.05, 0) is 95.3 Å². The molecule has 0 aliphatic carbocycles. The molecule has 0 bridgehead atoms. The van der Waals surface area contributed by atoms with Gasteiger partial charge in [0.1, 0.15) is 22.3 Å². The summed E-state index contributed by atoms with van der Waals surface area (Å²) in [5, 5.41) is 14.1. The molecule has 12 rings (SSSR count). The van der Waals surface area contributed by atoms with Gasteiger partial charge >= 0.3 is 0 Å². The topological polar surface area (TPSA) is 26.3 Å². The first-order valence-electron chi connectivity index (χ1n) is 18.5. The van der Waals surface area contributed by atoms with Crippen molar-refractivity contribution in [3.05, 3.63) is 182 Å². The second-order valence-corrected chi connectivity index (χ2v) is 14.3. The molecule has 250 valence electrons. The van der Waals surface area contributed by atoms with Crippen LogP contribution < -0.4 is 0 Å². The SMILES string of the molecule is c1ccc2cc(-c3c4ccccc4c(-c4ccc(-c5ccc6oc7c(c6c5)c5ccccc5c5oc6ccccc6c57)cc4)c4ccccc34)ccc2c1. The van der Waals surface area contributed by atoms with Crippen molar-refractivity contribution in [2.24, 2.45) is 0 Å². The fourth-order valence-corrected chi connectivity index (χ4v) is 9.00. The van der Waals surface area contributed by atoms with Gasteiger partial charge in [-0.1, -0.05) is 158 Å². The third-order valence-electron chi connectivity index (χ3n) is 11.4. The summed E-state index contributed by atoms with van der Waals surface area (Å²) in [5.41, 5.74) is 10.8. The molecule has 2 heterocycles. The Morgan fingerprint density at radius 1 is 0.259 bits per heavy atom. The van der Waals surface area contributed by atoms with Crippen LogP contribution in [0.15, 0.2) is 191 Å². The minimum Gasteiger partial charge on any atom is -0.455 e. The van der Waals surface area contributed by atoms with E-state index in [-0.39, 0.29) is 0 Å². The number of benzene rings is 10. The van der Waals surface area contributed by atoms with Crippen LogP contribution in [0.25, 0.3) is 120 Å². The van der Waals surface area contributed by atoms with E-state index in [4.69, 9.17) is 8.83 Å². The van der Waals surface area contributed by atoms with Crippen molar-refractivity contribution in [1.29, 1.82) is 0 Å². The lowest BCUT2D eigenvalue weighted by atomic mass is 9.85. The number of fused-ring (bicyclic) bond motifs is 13. The zero-order valence-corrected chi connectivity index (χ0v) is 29.1. The highest BCUT2D eigenvalue weighted by Crippen LogP contribution is 2.47. The van der Waals surface area contributed by atoms with E-state index in [1.54, 1.807) is 0 Å². The molecule has 0 radical (unpaired) electrons. The summed E-state index contributed by atoms with van der Waals surface area (Å²) in [6, 6.07) is 65.6. The number of rotatable bonds is 3. The van der Waals surface area contributed by atoms with Crippen LogP contribution >= 0.6 is 0 Å². The van der Waals surface area contributed by atoms with Crippen LogP contribution in [0.1, 0.15) is 0 Å². The third kappa shape index (κ3) is 4.17. The molecule has 0 aliphatic heterocycles. The lowest BCUT2D eigenvalue weighted by molar-refractivity contribution is 0.665. The third-order valence-corrected chi connectivity index (χ3v) is 11.4. The van der Waals surface area contributed by atoms with Crippen LogP contribution in [0.5, 0.6) is 0 Å². The van der Waals surface area contributed by atoms with Crippen molar-refractivity contribution in [3.8, 4) is 33.4 Å². The Hall–Kier alpha value is -7.16. The van der Waals surface area contributed by atoms with Gasteiger partial charge in [0.15, 0.2) is 0 Å². The molecule has 54 heavy (non-hydrogen) atoms. The van der Waals surface area contributed by atoms with Crippen LogP contribution in [0.2, 0.25) is 0 Å². The molecule has 0 N–H and O–H groups in total. The summed E-state index contributed by atoms with van der Waals surface area (Å²) in [7, 11) is 0. The first kappa shape index (κ1) is 29.4. The van der Waals surface area contributed by atoms with E-state index in [1.165, 1.54) is 54.6 Å². The van der Waals surface area contributed by atoms with E-state index in [1.807, 2.05) is 12.1 Å². The fraction of sp³-hybridized carbons (Fsp3) is 0. The van der Waals surface area contributed by atoms with Crippen LogP contribution in [0.3, 0.4) is 0 Å². The molecule has 0 spiro atoms. The van der Waals surface area contributed by atoms with Gasteiger partial charge in [0, 0.05) is 21.5 Å². The molecule has 0 saturated carbocycles. The Morgan fingerprint density at radius 2 is 0.759 bits per heavy atom. The number of para-hydroxylation sites is 1. The molecule has 0 amide bonds. The van der Waals surface area contributed by atoms with Crippen molar-refractivity contribution in [1.82, 2.24) is 0 Å². The first-order valence-corrected chi connectivity index (χ1v) is 18.5. The van der Waals surface area contributed by atoms with Crippen molar-refractivity contribution in [2.75, 3.05) is 0 Å². The Labute approximate surface area is 310 Å². The van der Waals surface area contributed by atoms with Gasteiger partial charge in [-0.3, -0.25) is 0 Å². The summed E-state index contributed by atoms with van der Waals surface area (Å²) < 4.78 is 13.1. The van der Waals surface area contributed by atoms with E-state index in [0.29, 0.717) is 0 Å². The minimum atomic E-state index is 0.871. The van der Waals surface area contributed by atoms with Crippen LogP contribution in [0.4, 0.5) is 0 Å². The average Bonchev–Trinajstić information content (AvgIpc) is 3.82. The van der Waals surface area contributed by atoms with E-state index < -0.39 is 0 Å². The monoisotopic (exact) mass is 686 g/mol. The van der Waals surface area contributed by atoms with Gasteiger partial charge in [-0.25, -0.2) is 0 Å². The Kier molecular flexibility index (Phi) is 6.09. The van der Waals surface area contributed by atoms with E-state index >= 15 is 0 Å². The van der Waals surface area contributed by atoms with Crippen molar-refractivity contribution in [3.63, 3.8) is 0 Å². The van der Waals surface area contributed by atoms with Gasteiger partial charge in [-0.2, -0.15) is 0 Å². The Morgan fingerprint density at radius 3 is 1.48 bits per heavy atom. The number of hydrogen-bond donors (Lipinski definition) is 0. The van der Waals surface area contributed by atoms with E-state index in [9.17, 15) is 0 Å². The number of hydrogen-bond acceptors (Lipinski definition) is 2. The average molecular weight is 687 g/mol. The summed E-state index contributed by atoms with van der Waals surface area (Å²) >= 11 is 0. The molecule has 0 atom stereocenters. The predicted octanol–water partition coefficient (Wildman–Crippen LogP) is 15.1. The molecule has 0 unspecified atom stereocenters. The maximum absolute atomic E-state index is 6.69. The smallest absolute Gasteiger partial charge is 0.147 e. The van der Waals surface area contributed by atoms with Crippen molar-refractivity contribution >= 4 is 87.0 Å². The molecule has 2 heteroatoms. The maximum atomic E-state index is 6.69. The molecular formula is C52H30O2. The standard InChI is InChI=1S/C52H30O2/c1-2-12-34-29-36(26-23-31(34)11-1)48-39-15-5-3-13-37(39)47(38-14-4-6-16-40(38)48)33-24-21-32(22-25-33)35-27-28-46-44(30-35)49-41-17-7-8-18-42(41)51-50(52(49)54-46)43-19-9-10-20-45(43)53-51/h1-30H. The second kappa shape index (κ2) is 11.2. The van der Waals surface area contributed by atoms with Gasteiger partial charge < -0.3 is 8.83 Å². The van der Waals surface area contributed by atoms with Crippen LogP contribution in [0, 0.1) is 0 Å². The number of furan rings is 2. The first-order chi connectivity index (χ1) is 26.8. The molecule has 0 aliphatic rings. The maximum Gasteiger partial charge on any atom is 0.147 e. The molecular weight excluding hydrogens is 657 g/mol. The van der Waals surface area contributed by atoms with Gasteiger partial charge in [0.2, 0.25) is 0 Å². The molecule has 10 aromatic carbocycles. The lowest BCUT2D eigenvalue weighted by Gasteiger charge is -2.18. The molecule has 0 saturated heterocycles. The normalized spacial score (nSPS) is 12.1. The largest absolute Gasteiger partial charge is 0.455 e. The summed E-state index contributed by atoms with van der Waals surface area (Å²) in [4.78, 5) is 0. The quantitative estimate of drug-likeness (QED) is 0.173. The van der Waals surface area contributed by atoms with E-state index in [0.717, 1.165) is 65.8 Å². The highest BCUT2D eigenvalue weighted by atomic mass is 16.3. The van der Waals surface area contributed by atoms with Crippen molar-refractivity contribution < 1.29 is 8.83 Å². The highest BCUT2D eigenvalue weighted by molar-refractivity contribution is 6.33. The zero-order valence-electron chi connectivity index (χ0n) is 29.1. The Bertz CT molecular complexity index is 3430. The summed E-state index contributed by atoms with van der Waals surface area (Å²) in [6.45, 7) is 0. The van der Waals surface area contributed by atoms with Gasteiger partial charge in [0.05, 0.1) is 5.39 Å². The lowest BCUT2D eigenvalue weighted by Crippen LogP contribution is -1.91. The minimum absolute atomic E-state index is 0.871. The van der Waals surface area contributed by atoms with Gasteiger partial charge in [-0.15, -0.1) is 0 Å². The predicted molar refractivity (Wildman–Crippen MR) is 227 cm³/mol. The molecule has 0 fully saturated rings. The molecule has 2 aromatic heterocycles. The molecule has 2 nitrogen and oxygen atoms in total. The highest BCUT2D eigenvalue weighted by Gasteiger charge is 2.21. The van der Waals surface area contributed by atoms with Crippen LogP contribution in [-0.4, -0.2) is 0 Å². The van der Waals surface area contributed by atoms with Crippen LogP contribution in [-0.2, 0) is 0 Å². The Balaban J connectivity index is 1.03. The van der Waals surface area contributed by atoms with E-state index in [2.05, 4.69) is 170 Å². The van der Waals surface area contributed by atoms with Gasteiger partial charge in [0.25, 0.3) is 0 Å². The summed E-state index contributed by atoms with van der Waals surface area (Å²) in [5.74, 6) is 0. The van der Waals surface area contributed by atoms with Crippen molar-refractivity contribution in [2.45, 2.75) is 0 Å². The fourth-order valence-electron chi connectivity index (χ4n) is 9.00. The molecule has 12 aromatic rings. The summed E-state index contributed by atoms with van der Waals surface area (Å²) in [6.07, 6.45) is 0. The zero-order chi connectivity index (χ0) is 35.3. The second-order valence-electron chi connectivity index (χ2n) is 14.3.